The van der Waals surface area contributed by atoms with Gasteiger partial charge >= 0.3 is 0 Å². The monoisotopic (exact) mass is 503 g/mol. The van der Waals surface area contributed by atoms with Gasteiger partial charge in [0.2, 0.25) is 5.91 Å². The van der Waals surface area contributed by atoms with Crippen molar-refractivity contribution in [3.8, 4) is 5.75 Å². The van der Waals surface area contributed by atoms with E-state index in [4.69, 9.17) is 16.3 Å². The summed E-state index contributed by atoms with van der Waals surface area (Å²) in [7, 11) is 1.55. The maximum atomic E-state index is 12.6. The van der Waals surface area contributed by atoms with E-state index >= 15 is 0 Å². The summed E-state index contributed by atoms with van der Waals surface area (Å²) in [6.07, 6.45) is 0. The number of hydrogen-bond acceptors (Lipinski definition) is 7. The van der Waals surface area contributed by atoms with E-state index in [2.05, 4.69) is 20.8 Å². The van der Waals surface area contributed by atoms with E-state index in [-0.39, 0.29) is 24.2 Å². The Morgan fingerprint density at radius 2 is 1.94 bits per heavy atom. The van der Waals surface area contributed by atoms with E-state index in [1.165, 1.54) is 11.8 Å². The number of aliphatic hydroxyl groups excluding tert-OH is 1. The van der Waals surface area contributed by atoms with Crippen molar-refractivity contribution in [1.29, 1.82) is 0 Å². The predicted molar refractivity (Wildman–Crippen MR) is 132 cm³/mol. The van der Waals surface area contributed by atoms with E-state index in [1.54, 1.807) is 54.1 Å². The van der Waals surface area contributed by atoms with Crippen molar-refractivity contribution in [1.82, 2.24) is 20.1 Å². The molecule has 0 aliphatic carbocycles. The lowest BCUT2D eigenvalue weighted by Crippen LogP contribution is -2.32. The minimum absolute atomic E-state index is 0.103. The summed E-state index contributed by atoms with van der Waals surface area (Å²) in [5.74, 6) is 0.566. The number of rotatable bonds is 10. The first-order chi connectivity index (χ1) is 16.4. The van der Waals surface area contributed by atoms with Crippen LogP contribution in [0.25, 0.3) is 0 Å². The van der Waals surface area contributed by atoms with Crippen molar-refractivity contribution < 1.29 is 19.4 Å². The van der Waals surface area contributed by atoms with Crippen molar-refractivity contribution in [2.45, 2.75) is 31.6 Å². The highest BCUT2D eigenvalue weighted by Crippen LogP contribution is 2.25. The highest BCUT2D eigenvalue weighted by atomic mass is 35.5. The number of aliphatic hydroxyl groups is 1. The molecule has 3 aromatic rings. The van der Waals surface area contributed by atoms with Crippen LogP contribution in [0.4, 0.5) is 5.69 Å². The van der Waals surface area contributed by atoms with Gasteiger partial charge in [0, 0.05) is 22.8 Å². The zero-order valence-corrected chi connectivity index (χ0v) is 20.6. The molecule has 11 heteroatoms. The molecule has 0 bridgehead atoms. The number of nitrogens with one attached hydrogen (secondary N) is 2. The number of halogens is 1. The summed E-state index contributed by atoms with van der Waals surface area (Å²) in [6, 6.07) is 11.2. The van der Waals surface area contributed by atoms with Crippen LogP contribution >= 0.6 is 23.4 Å². The van der Waals surface area contributed by atoms with Gasteiger partial charge in [0.05, 0.1) is 19.5 Å². The SMILES string of the molecule is CCn1c(SCC(=O)Nc2cccc(Cl)c2C)nnc1C(CO)NC(=O)c1ccc(OC)cc1. The number of carbonyl (C=O) groups excluding carboxylic acids is 2. The first kappa shape index (κ1) is 25.5. The Kier molecular flexibility index (Phi) is 8.91. The zero-order chi connectivity index (χ0) is 24.7. The molecule has 1 atom stereocenters. The Morgan fingerprint density at radius 1 is 1.21 bits per heavy atom. The number of methoxy groups -OCH3 is 1. The first-order valence-corrected chi connectivity index (χ1v) is 11.9. The summed E-state index contributed by atoms with van der Waals surface area (Å²) in [5, 5.41) is 25.0. The molecule has 0 fully saturated rings. The van der Waals surface area contributed by atoms with Gasteiger partial charge in [0.15, 0.2) is 11.0 Å². The van der Waals surface area contributed by atoms with Crippen molar-refractivity contribution >= 4 is 40.9 Å². The van der Waals surface area contributed by atoms with Gasteiger partial charge in [-0.15, -0.1) is 10.2 Å². The lowest BCUT2D eigenvalue weighted by atomic mass is 10.2. The number of carbonyl (C=O) groups is 2. The zero-order valence-electron chi connectivity index (χ0n) is 19.0. The second-order valence-corrected chi connectivity index (χ2v) is 8.62. The number of benzene rings is 2. The average molecular weight is 504 g/mol. The van der Waals surface area contributed by atoms with Crippen LogP contribution in [0.1, 0.15) is 34.7 Å². The molecular formula is C23H26ClN5O4S. The van der Waals surface area contributed by atoms with Gasteiger partial charge in [-0.2, -0.15) is 0 Å². The van der Waals surface area contributed by atoms with Gasteiger partial charge < -0.3 is 25.0 Å². The van der Waals surface area contributed by atoms with Gasteiger partial charge in [-0.25, -0.2) is 0 Å². The molecule has 1 unspecified atom stereocenters. The standard InChI is InChI=1S/C23H26ClN5O4S/c1-4-29-21(19(12-30)26-22(32)15-8-10-16(33-3)11-9-15)27-28-23(29)34-13-20(31)25-18-7-5-6-17(24)14(18)2/h5-11,19,30H,4,12-13H2,1-3H3,(H,25,31)(H,26,32). The van der Waals surface area contributed by atoms with Crippen LogP contribution in [-0.4, -0.2) is 51.2 Å². The van der Waals surface area contributed by atoms with Crippen molar-refractivity contribution in [3.05, 3.63) is 64.4 Å². The molecule has 0 saturated carbocycles. The topological polar surface area (TPSA) is 118 Å². The molecule has 0 aliphatic heterocycles. The molecule has 1 aromatic heterocycles. The minimum Gasteiger partial charge on any atom is -0.497 e. The molecule has 180 valence electrons. The summed E-state index contributed by atoms with van der Waals surface area (Å²) in [6.45, 7) is 3.86. The normalized spacial score (nSPS) is 11.7. The molecule has 3 N–H and O–H groups in total. The molecule has 0 aliphatic rings. The van der Waals surface area contributed by atoms with Gasteiger partial charge in [-0.3, -0.25) is 9.59 Å². The van der Waals surface area contributed by atoms with Gasteiger partial charge in [0.25, 0.3) is 5.91 Å². The van der Waals surface area contributed by atoms with Crippen LogP contribution in [0.2, 0.25) is 5.02 Å². The molecule has 2 aromatic carbocycles. The molecule has 0 radical (unpaired) electrons. The number of amides is 2. The highest BCUT2D eigenvalue weighted by molar-refractivity contribution is 7.99. The summed E-state index contributed by atoms with van der Waals surface area (Å²) in [4.78, 5) is 25.1. The van der Waals surface area contributed by atoms with Crippen LogP contribution in [0.15, 0.2) is 47.6 Å². The van der Waals surface area contributed by atoms with Crippen molar-refractivity contribution in [2.24, 2.45) is 0 Å². The lowest BCUT2D eigenvalue weighted by Gasteiger charge is -2.17. The second-order valence-electron chi connectivity index (χ2n) is 7.27. The lowest BCUT2D eigenvalue weighted by molar-refractivity contribution is -0.113. The van der Waals surface area contributed by atoms with Crippen LogP contribution in [0, 0.1) is 6.92 Å². The van der Waals surface area contributed by atoms with E-state index in [0.29, 0.717) is 39.5 Å². The average Bonchev–Trinajstić information content (AvgIpc) is 3.26. The number of thioether (sulfide) groups is 1. The van der Waals surface area contributed by atoms with Crippen LogP contribution < -0.4 is 15.4 Å². The van der Waals surface area contributed by atoms with Crippen LogP contribution in [-0.2, 0) is 11.3 Å². The maximum Gasteiger partial charge on any atom is 0.251 e. The number of ether oxygens (including phenoxy) is 1. The summed E-state index contributed by atoms with van der Waals surface area (Å²) >= 11 is 7.32. The Balaban J connectivity index is 1.67. The molecule has 2 amide bonds. The predicted octanol–water partition coefficient (Wildman–Crippen LogP) is 3.46. The van der Waals surface area contributed by atoms with Gasteiger partial charge in [-0.1, -0.05) is 29.4 Å². The van der Waals surface area contributed by atoms with E-state index in [9.17, 15) is 14.7 Å². The number of aromatic nitrogens is 3. The quantitative estimate of drug-likeness (QED) is 0.362. The fraction of sp³-hybridized carbons (Fsp3) is 0.304. The summed E-state index contributed by atoms with van der Waals surface area (Å²) in [5.41, 5.74) is 1.86. The molecule has 1 heterocycles. The van der Waals surface area contributed by atoms with Crippen LogP contribution in [0.5, 0.6) is 5.75 Å². The van der Waals surface area contributed by atoms with E-state index < -0.39 is 6.04 Å². The molecule has 0 saturated heterocycles. The maximum absolute atomic E-state index is 12.6. The minimum atomic E-state index is -0.765. The number of hydrogen-bond donors (Lipinski definition) is 3. The largest absolute Gasteiger partial charge is 0.497 e. The Labute approximate surface area is 206 Å². The Hall–Kier alpha value is -3.08. The second kappa shape index (κ2) is 11.9. The van der Waals surface area contributed by atoms with Gasteiger partial charge in [-0.05, 0) is 55.8 Å². The van der Waals surface area contributed by atoms with E-state index in [1.807, 2.05) is 13.8 Å². The number of nitrogens with zero attached hydrogens (tertiary/aromatic N) is 3. The Morgan fingerprint density at radius 3 is 2.59 bits per heavy atom. The fourth-order valence-corrected chi connectivity index (χ4v) is 4.18. The third-order valence-corrected chi connectivity index (χ3v) is 6.46. The molecule has 0 spiro atoms. The fourth-order valence-electron chi connectivity index (χ4n) is 3.20. The number of anilines is 1. The van der Waals surface area contributed by atoms with Gasteiger partial charge in [0.1, 0.15) is 11.8 Å². The molecular weight excluding hydrogens is 478 g/mol. The summed E-state index contributed by atoms with van der Waals surface area (Å²) < 4.78 is 6.87. The Bertz CT molecular complexity index is 1150. The smallest absolute Gasteiger partial charge is 0.251 e. The molecule has 34 heavy (non-hydrogen) atoms. The van der Waals surface area contributed by atoms with Crippen LogP contribution in [0.3, 0.4) is 0 Å². The highest BCUT2D eigenvalue weighted by Gasteiger charge is 2.23. The third-order valence-electron chi connectivity index (χ3n) is 5.09. The van der Waals surface area contributed by atoms with Crippen molar-refractivity contribution in [2.75, 3.05) is 24.8 Å². The molecule has 3 rings (SSSR count). The molecule has 9 nitrogen and oxygen atoms in total. The third kappa shape index (κ3) is 6.07. The van der Waals surface area contributed by atoms with E-state index in [0.717, 1.165) is 5.56 Å². The first-order valence-electron chi connectivity index (χ1n) is 10.5. The van der Waals surface area contributed by atoms with Crippen molar-refractivity contribution in [3.63, 3.8) is 0 Å².